The maximum Gasteiger partial charge on any atom is 0.270 e. The lowest BCUT2D eigenvalue weighted by Crippen LogP contribution is -2.28. The summed E-state index contributed by atoms with van der Waals surface area (Å²) in [4.78, 5) is 17.5. The van der Waals surface area contributed by atoms with E-state index in [1.54, 1.807) is 22.7 Å². The molecule has 1 amide bonds. The van der Waals surface area contributed by atoms with Crippen molar-refractivity contribution in [2.45, 2.75) is 46.5 Å². The average molecular weight is 382 g/mol. The Labute approximate surface area is 165 Å². The van der Waals surface area contributed by atoms with E-state index in [1.165, 1.54) is 12.1 Å². The summed E-state index contributed by atoms with van der Waals surface area (Å²) in [6.45, 7) is 11.0. The lowest BCUT2D eigenvalue weighted by molar-refractivity contribution is 0.0944. The molecular weight excluding hydrogens is 355 g/mol. The Balaban J connectivity index is 2.08. The van der Waals surface area contributed by atoms with E-state index in [2.05, 4.69) is 50.0 Å². The van der Waals surface area contributed by atoms with E-state index in [1.807, 2.05) is 6.07 Å². The molecule has 0 atom stereocenters. The first kappa shape index (κ1) is 20.0. The van der Waals surface area contributed by atoms with E-state index < -0.39 is 0 Å². The highest BCUT2D eigenvalue weighted by molar-refractivity contribution is 5.94. The van der Waals surface area contributed by atoms with Gasteiger partial charge in [-0.25, -0.2) is 13.9 Å². The summed E-state index contributed by atoms with van der Waals surface area (Å²) in [6.07, 6.45) is 0.900. The summed E-state index contributed by atoms with van der Waals surface area (Å²) >= 11 is 0. The van der Waals surface area contributed by atoms with Crippen LogP contribution in [0.25, 0.3) is 16.9 Å². The van der Waals surface area contributed by atoms with Gasteiger partial charge in [0.15, 0.2) is 5.65 Å². The maximum absolute atomic E-state index is 13.3. The summed E-state index contributed by atoms with van der Waals surface area (Å²) in [5, 5.41) is 7.60. The first-order valence-electron chi connectivity index (χ1n) is 9.60. The Hall–Kier alpha value is -2.76. The lowest BCUT2D eigenvalue weighted by atomic mass is 9.93. The van der Waals surface area contributed by atoms with Crippen LogP contribution in [-0.2, 0) is 5.41 Å². The van der Waals surface area contributed by atoms with Crippen molar-refractivity contribution in [3.63, 3.8) is 0 Å². The molecule has 0 saturated heterocycles. The molecule has 0 fully saturated rings. The molecule has 0 saturated carbocycles. The molecule has 0 aliphatic rings. The molecule has 2 heterocycles. The van der Waals surface area contributed by atoms with Gasteiger partial charge < -0.3 is 5.32 Å². The van der Waals surface area contributed by atoms with Crippen molar-refractivity contribution in [1.29, 1.82) is 0 Å². The van der Waals surface area contributed by atoms with Gasteiger partial charge in [-0.1, -0.05) is 34.6 Å². The van der Waals surface area contributed by atoms with Crippen LogP contribution in [0.15, 0.2) is 36.4 Å². The summed E-state index contributed by atoms with van der Waals surface area (Å²) in [5.74, 6) is 0.000513. The van der Waals surface area contributed by atoms with E-state index in [4.69, 9.17) is 0 Å². The van der Waals surface area contributed by atoms with Crippen molar-refractivity contribution in [3.05, 3.63) is 53.6 Å². The molecule has 0 aliphatic carbocycles. The Kier molecular flexibility index (Phi) is 5.49. The Morgan fingerprint density at radius 2 is 1.86 bits per heavy atom. The third kappa shape index (κ3) is 4.38. The number of aromatic nitrogens is 3. The molecule has 2 aromatic heterocycles. The smallest absolute Gasteiger partial charge is 0.270 e. The second kappa shape index (κ2) is 7.70. The maximum atomic E-state index is 13.3. The predicted molar refractivity (Wildman–Crippen MR) is 109 cm³/mol. The topological polar surface area (TPSA) is 59.3 Å². The van der Waals surface area contributed by atoms with Crippen LogP contribution in [0.5, 0.6) is 0 Å². The van der Waals surface area contributed by atoms with E-state index in [0.717, 1.165) is 17.7 Å². The minimum atomic E-state index is -0.309. The highest BCUT2D eigenvalue weighted by Crippen LogP contribution is 2.25. The molecule has 6 heteroatoms. The third-order valence-corrected chi connectivity index (χ3v) is 4.58. The van der Waals surface area contributed by atoms with Gasteiger partial charge in [-0.15, -0.1) is 0 Å². The van der Waals surface area contributed by atoms with E-state index in [-0.39, 0.29) is 17.1 Å². The van der Waals surface area contributed by atoms with Gasteiger partial charge in [0.2, 0.25) is 0 Å². The highest BCUT2D eigenvalue weighted by Gasteiger charge is 2.22. The molecular formula is C22H27FN4O. The molecule has 5 nitrogen and oxygen atoms in total. The van der Waals surface area contributed by atoms with Gasteiger partial charge in [-0.05, 0) is 42.7 Å². The number of halogens is 1. The molecule has 0 aliphatic heterocycles. The zero-order chi connectivity index (χ0) is 20.5. The number of amides is 1. The molecule has 3 rings (SSSR count). The number of nitrogens with one attached hydrogen (secondary N) is 1. The largest absolute Gasteiger partial charge is 0.351 e. The number of carbonyl (C=O) groups is 1. The van der Waals surface area contributed by atoms with Crippen LogP contribution >= 0.6 is 0 Å². The molecule has 1 N–H and O–H groups in total. The summed E-state index contributed by atoms with van der Waals surface area (Å²) in [5.41, 5.74) is 3.06. The molecule has 0 spiro atoms. The van der Waals surface area contributed by atoms with Gasteiger partial charge >= 0.3 is 0 Å². The van der Waals surface area contributed by atoms with Gasteiger partial charge in [0.25, 0.3) is 5.91 Å². The fourth-order valence-corrected chi connectivity index (χ4v) is 2.84. The van der Waals surface area contributed by atoms with Crippen LogP contribution in [-0.4, -0.2) is 27.0 Å². The normalized spacial score (nSPS) is 12.0. The van der Waals surface area contributed by atoms with Gasteiger partial charge in [-0.3, -0.25) is 4.79 Å². The van der Waals surface area contributed by atoms with Crippen LogP contribution in [0, 0.1) is 11.7 Å². The zero-order valence-corrected chi connectivity index (χ0v) is 17.1. The molecule has 28 heavy (non-hydrogen) atoms. The van der Waals surface area contributed by atoms with E-state index in [9.17, 15) is 9.18 Å². The fraction of sp³-hybridized carbons (Fsp3) is 0.409. The first-order chi connectivity index (χ1) is 13.1. The molecule has 0 bridgehead atoms. The third-order valence-electron chi connectivity index (χ3n) is 4.58. The quantitative estimate of drug-likeness (QED) is 0.701. The van der Waals surface area contributed by atoms with Crippen molar-refractivity contribution >= 4 is 11.6 Å². The van der Waals surface area contributed by atoms with Crippen molar-refractivity contribution in [1.82, 2.24) is 19.9 Å². The predicted octanol–water partition coefficient (Wildman–Crippen LogP) is 4.61. The minimum Gasteiger partial charge on any atom is -0.351 e. The molecule has 0 unspecified atom stereocenters. The molecule has 0 radical (unpaired) electrons. The molecule has 1 aromatic carbocycles. The van der Waals surface area contributed by atoms with E-state index in [0.29, 0.717) is 29.5 Å². The average Bonchev–Trinajstić information content (AvgIpc) is 3.05. The number of hydrogen-bond acceptors (Lipinski definition) is 3. The Morgan fingerprint density at radius 1 is 1.18 bits per heavy atom. The van der Waals surface area contributed by atoms with Crippen molar-refractivity contribution in [3.8, 4) is 11.3 Å². The number of fused-ring (bicyclic) bond motifs is 1. The number of carbonyl (C=O) groups excluding carboxylic acids is 1. The number of hydrogen-bond donors (Lipinski definition) is 1. The lowest BCUT2D eigenvalue weighted by Gasteiger charge is -2.13. The first-order valence-corrected chi connectivity index (χ1v) is 9.60. The van der Waals surface area contributed by atoms with Crippen molar-refractivity contribution < 1.29 is 9.18 Å². The highest BCUT2D eigenvalue weighted by atomic mass is 19.1. The van der Waals surface area contributed by atoms with Gasteiger partial charge in [-0.2, -0.15) is 5.10 Å². The van der Waals surface area contributed by atoms with Crippen molar-refractivity contribution in [2.75, 3.05) is 6.54 Å². The van der Waals surface area contributed by atoms with Crippen molar-refractivity contribution in [2.24, 2.45) is 5.92 Å². The monoisotopic (exact) mass is 382 g/mol. The fourth-order valence-electron chi connectivity index (χ4n) is 2.84. The Morgan fingerprint density at radius 3 is 2.46 bits per heavy atom. The van der Waals surface area contributed by atoms with Gasteiger partial charge in [0.1, 0.15) is 11.5 Å². The summed E-state index contributed by atoms with van der Waals surface area (Å²) in [6, 6.07) is 9.72. The number of rotatable bonds is 5. The standard InChI is InChI=1S/C22H27FN4O/c1-14(2)10-11-24-21(28)18-12-17(15-6-8-16(23)9-7-15)25-20-13-19(22(3,4)5)26-27(18)20/h6-9,12-14H,10-11H2,1-5H3,(H,24,28). The molecule has 148 valence electrons. The Bertz CT molecular complexity index is 984. The minimum absolute atomic E-state index is 0.172. The van der Waals surface area contributed by atoms with Crippen LogP contribution in [0.4, 0.5) is 4.39 Å². The number of benzene rings is 1. The van der Waals surface area contributed by atoms with Gasteiger partial charge in [0.05, 0.1) is 11.4 Å². The van der Waals surface area contributed by atoms with Gasteiger partial charge in [0, 0.05) is 23.6 Å². The number of nitrogens with zero attached hydrogens (tertiary/aromatic N) is 3. The van der Waals surface area contributed by atoms with Crippen LogP contribution in [0.2, 0.25) is 0 Å². The summed E-state index contributed by atoms with van der Waals surface area (Å²) < 4.78 is 14.9. The summed E-state index contributed by atoms with van der Waals surface area (Å²) in [7, 11) is 0. The van der Waals surface area contributed by atoms with Crippen LogP contribution < -0.4 is 5.32 Å². The van der Waals surface area contributed by atoms with Crippen LogP contribution in [0.1, 0.15) is 57.2 Å². The molecule has 3 aromatic rings. The van der Waals surface area contributed by atoms with E-state index >= 15 is 0 Å². The SMILES string of the molecule is CC(C)CCNC(=O)c1cc(-c2ccc(F)cc2)nc2cc(C(C)(C)C)nn12. The van der Waals surface area contributed by atoms with Crippen LogP contribution in [0.3, 0.4) is 0 Å². The second-order valence-corrected chi connectivity index (χ2v) is 8.52. The zero-order valence-electron chi connectivity index (χ0n) is 17.1. The second-order valence-electron chi connectivity index (χ2n) is 8.52.